The molecule has 4 nitrogen and oxygen atoms in total. The number of rotatable bonds is 1. The van der Waals surface area contributed by atoms with Crippen LogP contribution in [0.1, 0.15) is 5.69 Å². The Balaban J connectivity index is 2.60. The van der Waals surface area contributed by atoms with Crippen LogP contribution in [-0.2, 0) is 0 Å². The van der Waals surface area contributed by atoms with Gasteiger partial charge in [-0.3, -0.25) is 0 Å². The molecule has 0 atom stereocenters. The zero-order chi connectivity index (χ0) is 11.9. The van der Waals surface area contributed by atoms with Crippen LogP contribution in [-0.4, -0.2) is 14.8 Å². The number of nitrogen functional groups attached to an aromatic ring is 1. The number of halogens is 3. The van der Waals surface area contributed by atoms with Crippen molar-refractivity contribution in [3.63, 3.8) is 0 Å². The predicted molar refractivity (Wildman–Crippen MR) is 65.5 cm³/mol. The highest BCUT2D eigenvalue weighted by molar-refractivity contribution is 6.36. The first-order valence-electron chi connectivity index (χ1n) is 4.32. The summed E-state index contributed by atoms with van der Waals surface area (Å²) in [6.07, 6.45) is 1.61. The first-order chi connectivity index (χ1) is 7.49. The highest BCUT2D eigenvalue weighted by Crippen LogP contribution is 2.27. The van der Waals surface area contributed by atoms with Gasteiger partial charge in [0.25, 0.3) is 0 Å². The Kier molecular flexibility index (Phi) is 2.97. The average molecular weight is 278 g/mol. The van der Waals surface area contributed by atoms with E-state index in [1.807, 2.05) is 0 Å². The van der Waals surface area contributed by atoms with E-state index in [9.17, 15) is 0 Å². The van der Waals surface area contributed by atoms with Gasteiger partial charge in [0.05, 0.1) is 27.0 Å². The molecule has 0 aliphatic heterocycles. The van der Waals surface area contributed by atoms with Crippen molar-refractivity contribution in [1.29, 1.82) is 0 Å². The van der Waals surface area contributed by atoms with Gasteiger partial charge in [0.2, 0.25) is 0 Å². The molecule has 2 rings (SSSR count). The van der Waals surface area contributed by atoms with E-state index in [0.29, 0.717) is 26.6 Å². The molecular weight excluding hydrogens is 270 g/mol. The van der Waals surface area contributed by atoms with Gasteiger partial charge >= 0.3 is 0 Å². The number of pyridine rings is 1. The fourth-order valence-electron chi connectivity index (χ4n) is 1.18. The molecule has 2 heterocycles. The van der Waals surface area contributed by atoms with Crippen LogP contribution in [0.3, 0.4) is 0 Å². The Hall–Kier alpha value is -0.970. The summed E-state index contributed by atoms with van der Waals surface area (Å²) in [6, 6.07) is 1.52. The molecule has 0 spiro atoms. The molecule has 0 bridgehead atoms. The fourth-order valence-corrected chi connectivity index (χ4v) is 1.75. The maximum atomic E-state index is 5.99. The lowest BCUT2D eigenvalue weighted by Gasteiger charge is -2.05. The zero-order valence-electron chi connectivity index (χ0n) is 8.21. The summed E-state index contributed by atoms with van der Waals surface area (Å²) in [6.45, 7) is 1.78. The molecule has 0 saturated heterocycles. The van der Waals surface area contributed by atoms with E-state index in [1.165, 1.54) is 10.7 Å². The predicted octanol–water partition coefficient (Wildman–Crippen LogP) is 3.12. The molecular formula is C9H7Cl3N4. The summed E-state index contributed by atoms with van der Waals surface area (Å²) in [5.41, 5.74) is 6.28. The second-order valence-electron chi connectivity index (χ2n) is 3.17. The Morgan fingerprint density at radius 1 is 1.19 bits per heavy atom. The highest BCUT2D eigenvalue weighted by atomic mass is 35.5. The molecule has 2 N–H and O–H groups in total. The first-order valence-corrected chi connectivity index (χ1v) is 5.46. The quantitative estimate of drug-likeness (QED) is 0.871. The largest absolute Gasteiger partial charge is 0.382 e. The zero-order valence-corrected chi connectivity index (χ0v) is 10.5. The Bertz CT molecular complexity index is 530. The number of nitrogens with two attached hydrogens (primary N) is 1. The summed E-state index contributed by atoms with van der Waals surface area (Å²) in [5, 5.41) is 5.35. The normalized spacial score (nSPS) is 10.8. The van der Waals surface area contributed by atoms with E-state index in [4.69, 9.17) is 40.5 Å². The van der Waals surface area contributed by atoms with Crippen molar-refractivity contribution in [1.82, 2.24) is 14.8 Å². The van der Waals surface area contributed by atoms with Crippen molar-refractivity contribution in [2.24, 2.45) is 0 Å². The van der Waals surface area contributed by atoms with Gasteiger partial charge in [0.1, 0.15) is 5.82 Å². The molecule has 2 aromatic heterocycles. The van der Waals surface area contributed by atoms with Gasteiger partial charge in [0.15, 0.2) is 5.82 Å². The summed E-state index contributed by atoms with van der Waals surface area (Å²) in [5.74, 6) is 0.601. The number of hydrogen-bond donors (Lipinski definition) is 1. The van der Waals surface area contributed by atoms with E-state index in [1.54, 1.807) is 13.1 Å². The molecule has 84 valence electrons. The molecule has 0 saturated carbocycles. The first kappa shape index (κ1) is 11.5. The monoisotopic (exact) mass is 276 g/mol. The third kappa shape index (κ3) is 1.96. The van der Waals surface area contributed by atoms with Crippen LogP contribution in [0, 0.1) is 6.92 Å². The molecule has 2 aromatic rings. The van der Waals surface area contributed by atoms with E-state index < -0.39 is 0 Å². The molecule has 0 aliphatic carbocycles. The molecule has 0 fully saturated rings. The molecule has 0 unspecified atom stereocenters. The Morgan fingerprint density at radius 3 is 2.44 bits per heavy atom. The SMILES string of the molecule is Cc1nn(-c2nc(N)c(Cl)cc2Cl)cc1Cl. The topological polar surface area (TPSA) is 56.7 Å². The smallest absolute Gasteiger partial charge is 0.174 e. The number of hydrogen-bond acceptors (Lipinski definition) is 3. The van der Waals surface area contributed by atoms with Gasteiger partial charge in [-0.1, -0.05) is 34.8 Å². The second-order valence-corrected chi connectivity index (χ2v) is 4.39. The lowest BCUT2D eigenvalue weighted by molar-refractivity contribution is 0.834. The van der Waals surface area contributed by atoms with Gasteiger partial charge in [-0.25, -0.2) is 9.67 Å². The van der Waals surface area contributed by atoms with Crippen LogP contribution in [0.5, 0.6) is 0 Å². The van der Waals surface area contributed by atoms with E-state index in [-0.39, 0.29) is 5.82 Å². The maximum Gasteiger partial charge on any atom is 0.174 e. The van der Waals surface area contributed by atoms with Crippen LogP contribution in [0.2, 0.25) is 15.1 Å². The van der Waals surface area contributed by atoms with Crippen molar-refractivity contribution >= 4 is 40.6 Å². The van der Waals surface area contributed by atoms with Crippen molar-refractivity contribution in [2.75, 3.05) is 5.73 Å². The lowest BCUT2D eigenvalue weighted by Crippen LogP contribution is -2.02. The minimum absolute atomic E-state index is 0.199. The Labute approximate surface area is 107 Å². The number of nitrogens with zero attached hydrogens (tertiary/aromatic N) is 3. The third-order valence-electron chi connectivity index (χ3n) is 1.99. The van der Waals surface area contributed by atoms with E-state index >= 15 is 0 Å². The number of anilines is 1. The average Bonchev–Trinajstić information content (AvgIpc) is 2.53. The van der Waals surface area contributed by atoms with Crippen molar-refractivity contribution in [3.05, 3.63) is 33.0 Å². The van der Waals surface area contributed by atoms with Gasteiger partial charge in [-0.15, -0.1) is 0 Å². The van der Waals surface area contributed by atoms with Crippen LogP contribution in [0.25, 0.3) is 5.82 Å². The lowest BCUT2D eigenvalue weighted by atomic mass is 10.4. The van der Waals surface area contributed by atoms with Gasteiger partial charge in [-0.05, 0) is 13.0 Å². The van der Waals surface area contributed by atoms with Crippen LogP contribution in [0.15, 0.2) is 12.3 Å². The van der Waals surface area contributed by atoms with Crippen LogP contribution >= 0.6 is 34.8 Å². The summed E-state index contributed by atoms with van der Waals surface area (Å²) in [7, 11) is 0. The third-order valence-corrected chi connectivity index (χ3v) is 2.95. The Morgan fingerprint density at radius 2 is 1.88 bits per heavy atom. The van der Waals surface area contributed by atoms with E-state index in [2.05, 4.69) is 10.1 Å². The molecule has 0 aromatic carbocycles. The number of aryl methyl sites for hydroxylation is 1. The fraction of sp³-hybridized carbons (Fsp3) is 0.111. The van der Waals surface area contributed by atoms with E-state index in [0.717, 1.165) is 0 Å². The molecule has 16 heavy (non-hydrogen) atoms. The minimum Gasteiger partial charge on any atom is -0.382 e. The number of aromatic nitrogens is 3. The molecule has 0 amide bonds. The van der Waals surface area contributed by atoms with Crippen LogP contribution < -0.4 is 5.73 Å². The van der Waals surface area contributed by atoms with Crippen molar-refractivity contribution < 1.29 is 0 Å². The minimum atomic E-state index is 0.199. The van der Waals surface area contributed by atoms with Crippen LogP contribution in [0.4, 0.5) is 5.82 Å². The summed E-state index contributed by atoms with van der Waals surface area (Å²) in [4.78, 5) is 4.05. The summed E-state index contributed by atoms with van der Waals surface area (Å²) >= 11 is 17.7. The second kappa shape index (κ2) is 4.13. The van der Waals surface area contributed by atoms with Crippen molar-refractivity contribution in [2.45, 2.75) is 6.92 Å². The maximum absolute atomic E-state index is 5.99. The van der Waals surface area contributed by atoms with Gasteiger partial charge in [0, 0.05) is 0 Å². The molecule has 7 heteroatoms. The van der Waals surface area contributed by atoms with Gasteiger partial charge < -0.3 is 5.73 Å². The molecule has 0 aliphatic rings. The molecule has 0 radical (unpaired) electrons. The standard InChI is InChI=1S/C9H7Cl3N4/c1-4-7(12)3-16(15-4)9-6(11)2-5(10)8(13)14-9/h2-3H,1H3,(H2,13,14). The highest BCUT2D eigenvalue weighted by Gasteiger charge is 2.11. The van der Waals surface area contributed by atoms with Crippen molar-refractivity contribution in [3.8, 4) is 5.82 Å². The van der Waals surface area contributed by atoms with Gasteiger partial charge in [-0.2, -0.15) is 5.10 Å². The summed E-state index contributed by atoms with van der Waals surface area (Å²) < 4.78 is 1.46.